The molecule has 2 aromatic heterocycles. The van der Waals surface area contributed by atoms with Gasteiger partial charge in [0.2, 0.25) is 5.91 Å². The topological polar surface area (TPSA) is 122 Å². The number of esters is 1. The lowest BCUT2D eigenvalue weighted by Crippen LogP contribution is -2.72. The molecule has 2 saturated heterocycles. The Morgan fingerprint density at radius 1 is 0.932 bits per heavy atom. The van der Waals surface area contributed by atoms with Crippen molar-refractivity contribution in [2.24, 2.45) is 23.3 Å². The van der Waals surface area contributed by atoms with Crippen LogP contribution in [0.4, 0.5) is 5.69 Å². The number of carbonyl (C=O) groups excluding carboxylic acids is 3. The van der Waals surface area contributed by atoms with Crippen LogP contribution in [0.1, 0.15) is 73.0 Å². The van der Waals surface area contributed by atoms with Crippen molar-refractivity contribution in [3.05, 3.63) is 81.5 Å². The van der Waals surface area contributed by atoms with E-state index in [1.165, 1.54) is 7.11 Å². The summed E-state index contributed by atoms with van der Waals surface area (Å²) < 4.78 is 12.9. The van der Waals surface area contributed by atoms with E-state index in [0.717, 1.165) is 119 Å². The predicted molar refractivity (Wildman–Crippen MR) is 226 cm³/mol. The Balaban J connectivity index is 0.861. The van der Waals surface area contributed by atoms with Crippen molar-refractivity contribution in [1.29, 1.82) is 0 Å². The molecule has 3 aliphatic heterocycles. The van der Waals surface area contributed by atoms with E-state index in [1.54, 1.807) is 26.3 Å². The maximum atomic E-state index is 13.8. The Kier molecular flexibility index (Phi) is 10.3. The number of rotatable bonds is 11. The minimum Gasteiger partial charge on any atom is -0.496 e. The Morgan fingerprint density at radius 3 is 2.42 bits per heavy atom. The first-order chi connectivity index (χ1) is 28.3. The van der Waals surface area contributed by atoms with E-state index >= 15 is 0 Å². The number of pyridine rings is 1. The highest BCUT2D eigenvalue weighted by Crippen LogP contribution is 2.63. The molecule has 2 aliphatic carbocycles. The normalized spacial score (nSPS) is 23.1. The Labute approximate surface area is 355 Å². The van der Waals surface area contributed by atoms with Crippen molar-refractivity contribution in [1.82, 2.24) is 29.2 Å². The number of amides is 2. The number of hydrogen-bond acceptors (Lipinski definition) is 9. The van der Waals surface area contributed by atoms with E-state index in [0.29, 0.717) is 44.9 Å². The van der Waals surface area contributed by atoms with Crippen molar-refractivity contribution in [3.8, 4) is 28.1 Å². The number of benzene rings is 2. The highest BCUT2D eigenvalue weighted by molar-refractivity contribution is 6.39. The molecule has 1 N–H and O–H groups in total. The standard InChI is InChI=1S/C45H51Cl2N7O5/c1-28(55)54-26-44(27-54)24-53(25-44)21-30-9-8-29(20-36(30)58-3)39-38(47)32(10-17-48-39)31-6-5-7-33(37(31)46)50-41(56)40-49-34-22-52(18-11-35(34)51(40)2)19-16-43-12-14-45(23-43,15-13-43)42(57)59-4/h5-10,17,20H,11-16,18-19,21-27H2,1-4H3,(H,50,56). The van der Waals surface area contributed by atoms with Gasteiger partial charge in [0, 0.05) is 106 Å². The van der Waals surface area contributed by atoms with Gasteiger partial charge in [-0.25, -0.2) is 4.98 Å². The van der Waals surface area contributed by atoms with E-state index in [1.807, 2.05) is 46.8 Å². The van der Waals surface area contributed by atoms with Crippen LogP contribution in [-0.2, 0) is 40.9 Å². The molecule has 1 spiro atoms. The van der Waals surface area contributed by atoms with E-state index in [4.69, 9.17) is 37.7 Å². The van der Waals surface area contributed by atoms with Crippen LogP contribution in [-0.4, -0.2) is 101 Å². The quantitative estimate of drug-likeness (QED) is 0.156. The van der Waals surface area contributed by atoms with Crippen molar-refractivity contribution in [3.63, 3.8) is 0 Å². The third kappa shape index (κ3) is 7.09. The van der Waals surface area contributed by atoms with E-state index in [-0.39, 0.29) is 34.0 Å². The second kappa shape index (κ2) is 15.2. The number of aromatic nitrogens is 3. The predicted octanol–water partition coefficient (Wildman–Crippen LogP) is 7.25. The molecule has 2 saturated carbocycles. The fourth-order valence-corrected chi connectivity index (χ4v) is 11.5. The minimum absolute atomic E-state index is 0.0354. The Hall–Kier alpha value is -4.49. The lowest BCUT2D eigenvalue weighted by Gasteiger charge is -2.60. The van der Waals surface area contributed by atoms with E-state index < -0.39 is 0 Å². The number of methoxy groups -OCH3 is 2. The van der Waals surface area contributed by atoms with Crippen LogP contribution < -0.4 is 10.1 Å². The molecule has 14 heteroatoms. The fraction of sp³-hybridized carbons (Fsp3) is 0.489. The van der Waals surface area contributed by atoms with Gasteiger partial charge in [0.15, 0.2) is 5.82 Å². The number of ether oxygens (including phenoxy) is 2. The van der Waals surface area contributed by atoms with E-state index in [9.17, 15) is 14.4 Å². The number of anilines is 1. The summed E-state index contributed by atoms with van der Waals surface area (Å²) in [5, 5.41) is 3.82. The molecule has 2 amide bonds. The molecule has 0 atom stereocenters. The molecule has 0 radical (unpaired) electrons. The van der Waals surface area contributed by atoms with Gasteiger partial charge in [-0.15, -0.1) is 0 Å². The maximum absolute atomic E-state index is 13.8. The number of imidazole rings is 1. The second-order valence-corrected chi connectivity index (χ2v) is 18.6. The molecule has 59 heavy (non-hydrogen) atoms. The number of likely N-dealkylation sites (tertiary alicyclic amines) is 2. The zero-order chi connectivity index (χ0) is 41.3. The molecule has 5 aliphatic rings. The van der Waals surface area contributed by atoms with Crippen LogP contribution in [0.3, 0.4) is 0 Å². The lowest BCUT2D eigenvalue weighted by molar-refractivity contribution is -0.157. The molecular weight excluding hydrogens is 789 g/mol. The first kappa shape index (κ1) is 39.9. The summed E-state index contributed by atoms with van der Waals surface area (Å²) in [4.78, 5) is 54.3. The molecule has 12 nitrogen and oxygen atoms in total. The third-order valence-corrected chi connectivity index (χ3v) is 14.9. The van der Waals surface area contributed by atoms with Crippen LogP contribution >= 0.6 is 23.2 Å². The van der Waals surface area contributed by atoms with Crippen molar-refractivity contribution in [2.75, 3.05) is 58.8 Å². The zero-order valence-corrected chi connectivity index (χ0v) is 35.7. The number of halogens is 2. The molecular formula is C45H51Cl2N7O5. The SMILES string of the molecule is COC(=O)C12CCC(CCN3CCc4c(nc(C(=O)Nc5cccc(-c6ccnc(-c7ccc(CN8CC9(C8)CN(C(C)=O)C9)c(OC)c7)c6Cl)c5Cl)n4C)C3)(CC1)C2. The summed E-state index contributed by atoms with van der Waals surface area (Å²) in [5.74, 6) is 0.861. The number of hydrogen-bond donors (Lipinski definition) is 1. The summed E-state index contributed by atoms with van der Waals surface area (Å²) in [6.45, 7) is 8.51. The van der Waals surface area contributed by atoms with Gasteiger partial charge >= 0.3 is 5.97 Å². The van der Waals surface area contributed by atoms with Gasteiger partial charge in [-0.1, -0.05) is 47.5 Å². The van der Waals surface area contributed by atoms with Crippen molar-refractivity contribution < 1.29 is 23.9 Å². The van der Waals surface area contributed by atoms with Crippen LogP contribution in [0.25, 0.3) is 22.4 Å². The number of nitrogens with zero attached hydrogens (tertiary/aromatic N) is 6. The number of fused-ring (bicyclic) bond motifs is 3. The van der Waals surface area contributed by atoms with Gasteiger partial charge in [0.25, 0.3) is 5.91 Å². The van der Waals surface area contributed by atoms with Gasteiger partial charge in [0.05, 0.1) is 46.8 Å². The number of nitrogens with one attached hydrogen (secondary N) is 1. The van der Waals surface area contributed by atoms with Gasteiger partial charge in [0.1, 0.15) is 5.75 Å². The third-order valence-electron chi connectivity index (χ3n) is 14.1. The molecule has 5 heterocycles. The average Bonchev–Trinajstić information content (AvgIpc) is 3.88. The molecule has 9 rings (SSSR count). The Bertz CT molecular complexity index is 2340. The summed E-state index contributed by atoms with van der Waals surface area (Å²) in [6, 6.07) is 13.4. The first-order valence-corrected chi connectivity index (χ1v) is 21.4. The Morgan fingerprint density at radius 2 is 1.69 bits per heavy atom. The lowest BCUT2D eigenvalue weighted by atomic mass is 9.72. The van der Waals surface area contributed by atoms with E-state index in [2.05, 4.69) is 26.2 Å². The van der Waals surface area contributed by atoms with Crippen LogP contribution in [0.2, 0.25) is 10.0 Å². The minimum atomic E-state index is -0.338. The van der Waals surface area contributed by atoms with Crippen LogP contribution in [0.5, 0.6) is 5.75 Å². The zero-order valence-electron chi connectivity index (χ0n) is 34.2. The van der Waals surface area contributed by atoms with Crippen molar-refractivity contribution >= 4 is 46.7 Å². The highest BCUT2D eigenvalue weighted by atomic mass is 35.5. The summed E-state index contributed by atoms with van der Waals surface area (Å²) in [7, 11) is 5.07. The summed E-state index contributed by atoms with van der Waals surface area (Å²) in [6.07, 6.45) is 8.54. The van der Waals surface area contributed by atoms with Gasteiger partial charge in [-0.05, 0) is 68.7 Å². The second-order valence-electron chi connectivity index (χ2n) is 17.8. The maximum Gasteiger partial charge on any atom is 0.311 e. The summed E-state index contributed by atoms with van der Waals surface area (Å²) in [5.41, 5.74) is 6.44. The molecule has 4 fully saturated rings. The van der Waals surface area contributed by atoms with Crippen LogP contribution in [0, 0.1) is 16.2 Å². The average molecular weight is 841 g/mol. The molecule has 4 aromatic rings. The smallest absolute Gasteiger partial charge is 0.311 e. The number of carbonyl (C=O) groups is 3. The van der Waals surface area contributed by atoms with Crippen LogP contribution in [0.15, 0.2) is 48.7 Å². The molecule has 310 valence electrons. The summed E-state index contributed by atoms with van der Waals surface area (Å²) >= 11 is 14.2. The first-order valence-electron chi connectivity index (χ1n) is 20.6. The molecule has 2 aromatic carbocycles. The largest absolute Gasteiger partial charge is 0.496 e. The molecule has 2 bridgehead atoms. The van der Waals surface area contributed by atoms with Crippen molar-refractivity contribution in [2.45, 2.75) is 65.0 Å². The van der Waals surface area contributed by atoms with Gasteiger partial charge in [-0.2, -0.15) is 0 Å². The van der Waals surface area contributed by atoms with Gasteiger partial charge < -0.3 is 24.3 Å². The van der Waals surface area contributed by atoms with Gasteiger partial charge in [-0.3, -0.25) is 29.2 Å². The fourth-order valence-electron chi connectivity index (χ4n) is 10.9. The molecule has 0 unspecified atom stereocenters. The highest BCUT2D eigenvalue weighted by Gasteiger charge is 2.58. The monoisotopic (exact) mass is 839 g/mol.